The summed E-state index contributed by atoms with van der Waals surface area (Å²) in [6.45, 7) is 1.74. The molecule has 0 radical (unpaired) electrons. The van der Waals surface area contributed by atoms with Crippen molar-refractivity contribution in [3.8, 4) is 0 Å². The van der Waals surface area contributed by atoms with Crippen molar-refractivity contribution < 1.29 is 20.8 Å². The summed E-state index contributed by atoms with van der Waals surface area (Å²) >= 11 is 0. The monoisotopic (exact) mass is 349 g/mol. The van der Waals surface area contributed by atoms with Gasteiger partial charge in [-0.05, 0) is 61.2 Å². The van der Waals surface area contributed by atoms with Crippen LogP contribution in [0, 0.1) is 17.6 Å². The molecule has 2 fully saturated rings. The predicted octanol–water partition coefficient (Wildman–Crippen LogP) is 2.92. The van der Waals surface area contributed by atoms with E-state index in [1.54, 1.807) is 11.0 Å². The van der Waals surface area contributed by atoms with E-state index in [1.165, 1.54) is 24.0 Å². The van der Waals surface area contributed by atoms with Crippen molar-refractivity contribution in [3.05, 3.63) is 35.1 Å². The van der Waals surface area contributed by atoms with Crippen LogP contribution < -0.4 is 0 Å². The average Bonchev–Trinajstić information content (AvgIpc) is 2.65. The van der Waals surface area contributed by atoms with Crippen LogP contribution in [0.5, 0.6) is 0 Å². The molecule has 2 aliphatic heterocycles. The smallest absolute Gasteiger partial charge is 0.242 e. The van der Waals surface area contributed by atoms with Crippen molar-refractivity contribution in [2.45, 2.75) is 45.0 Å². The summed E-state index contributed by atoms with van der Waals surface area (Å²) in [7, 11) is 0. The van der Waals surface area contributed by atoms with E-state index in [9.17, 15) is 14.0 Å². The molecule has 2 amide bonds. The van der Waals surface area contributed by atoms with Crippen LogP contribution in [-0.2, 0) is 16.0 Å². The first kappa shape index (κ1) is 11.7. The first-order valence-electron chi connectivity index (χ1n) is 11.2. The van der Waals surface area contributed by atoms with Gasteiger partial charge in [0.1, 0.15) is 5.82 Å². The highest BCUT2D eigenvalue weighted by Gasteiger charge is 2.40. The minimum Gasteiger partial charge on any atom is -0.332 e. The largest absolute Gasteiger partial charge is 0.332 e. The molecule has 1 aromatic carbocycles. The van der Waals surface area contributed by atoms with Crippen LogP contribution in [0.4, 0.5) is 4.39 Å². The number of hydrogen-bond acceptors (Lipinski definition) is 2. The molecule has 0 aromatic heterocycles. The summed E-state index contributed by atoms with van der Waals surface area (Å²) in [4.78, 5) is 29.0. The third-order valence-electron chi connectivity index (χ3n) is 5.39. The Morgan fingerprint density at radius 3 is 2.88 bits per heavy atom. The Morgan fingerprint density at radius 1 is 1.36 bits per heavy atom. The first-order chi connectivity index (χ1) is 13.8. The number of halogens is 1. The minimum absolute atomic E-state index is 0.152. The van der Waals surface area contributed by atoms with Crippen LogP contribution in [0.1, 0.15) is 56.5 Å². The van der Waals surface area contributed by atoms with Crippen molar-refractivity contribution in [2.75, 3.05) is 19.6 Å². The van der Waals surface area contributed by atoms with Crippen molar-refractivity contribution in [3.63, 3.8) is 0 Å². The second kappa shape index (κ2) is 6.43. The minimum atomic E-state index is -2.19. The Bertz CT molecular complexity index is 887. The second-order valence-corrected chi connectivity index (χ2v) is 7.00. The Morgan fingerprint density at radius 2 is 2.12 bits per heavy atom. The fourth-order valence-corrected chi connectivity index (χ4v) is 3.98. The molecule has 1 atom stereocenters. The molecular formula is C20H25FN2O2. The molecular weight excluding hydrogens is 319 g/mol. The molecule has 25 heavy (non-hydrogen) atoms. The maximum atomic E-state index is 13.9. The third-order valence-corrected chi connectivity index (χ3v) is 5.39. The summed E-state index contributed by atoms with van der Waals surface area (Å²) < 4.78 is 54.8. The van der Waals surface area contributed by atoms with Gasteiger partial charge in [0.2, 0.25) is 11.8 Å². The normalized spacial score (nSPS) is 39.1. The number of amides is 2. The van der Waals surface area contributed by atoms with Gasteiger partial charge in [-0.25, -0.2) is 4.39 Å². The molecule has 4 rings (SSSR count). The SMILES string of the molecule is [2H]C1([2H])CC(C(=O)N2CC(=O)N3CCc4ccc(F)cc4[C@@H]3C2)CC([2H])([2H])C1([2H])C. The van der Waals surface area contributed by atoms with Crippen molar-refractivity contribution in [2.24, 2.45) is 11.8 Å². The van der Waals surface area contributed by atoms with Crippen LogP contribution >= 0.6 is 0 Å². The lowest BCUT2D eigenvalue weighted by molar-refractivity contribution is -0.152. The lowest BCUT2D eigenvalue weighted by atomic mass is 9.82. The maximum Gasteiger partial charge on any atom is 0.242 e. The summed E-state index contributed by atoms with van der Waals surface area (Å²) in [6, 6.07) is 4.02. The second-order valence-electron chi connectivity index (χ2n) is 7.00. The molecule has 2 heterocycles. The van der Waals surface area contributed by atoms with E-state index < -0.39 is 42.3 Å². The Kier molecular flexibility index (Phi) is 3.00. The molecule has 3 aliphatic rings. The van der Waals surface area contributed by atoms with E-state index in [2.05, 4.69) is 0 Å². The highest BCUT2D eigenvalue weighted by Crippen LogP contribution is 2.35. The van der Waals surface area contributed by atoms with Crippen LogP contribution in [0.2, 0.25) is 0 Å². The zero-order valence-corrected chi connectivity index (χ0v) is 14.2. The number of piperazine rings is 1. The summed E-state index contributed by atoms with van der Waals surface area (Å²) in [5.41, 5.74) is 1.62. The van der Waals surface area contributed by atoms with E-state index in [-0.39, 0.29) is 31.8 Å². The lowest BCUT2D eigenvalue weighted by Crippen LogP contribution is -2.56. The van der Waals surface area contributed by atoms with Gasteiger partial charge in [0, 0.05) is 25.9 Å². The van der Waals surface area contributed by atoms with E-state index in [0.29, 0.717) is 18.5 Å². The molecule has 4 nitrogen and oxygen atoms in total. The van der Waals surface area contributed by atoms with Gasteiger partial charge in [-0.15, -0.1) is 0 Å². The lowest BCUT2D eigenvalue weighted by Gasteiger charge is -2.45. The Labute approximate surface area is 155 Å². The molecule has 1 aliphatic carbocycles. The number of rotatable bonds is 1. The van der Waals surface area contributed by atoms with Gasteiger partial charge in [0.25, 0.3) is 0 Å². The maximum absolute atomic E-state index is 13.9. The Hall–Kier alpha value is -1.91. The summed E-state index contributed by atoms with van der Waals surface area (Å²) in [5.74, 6) is -4.07. The average molecular weight is 349 g/mol. The van der Waals surface area contributed by atoms with Gasteiger partial charge in [-0.1, -0.05) is 13.0 Å². The van der Waals surface area contributed by atoms with Crippen molar-refractivity contribution >= 4 is 11.8 Å². The molecule has 134 valence electrons. The molecule has 1 saturated heterocycles. The third kappa shape index (κ3) is 3.05. The topological polar surface area (TPSA) is 40.6 Å². The van der Waals surface area contributed by atoms with Crippen LogP contribution in [0.25, 0.3) is 0 Å². The molecule has 5 heteroatoms. The summed E-state index contributed by atoms with van der Waals surface area (Å²) in [6.07, 6.45) is -4.30. The first-order valence-corrected chi connectivity index (χ1v) is 8.71. The number of hydrogen-bond donors (Lipinski definition) is 0. The standard InChI is InChI=1S/C20H25FN2O2/c1-13-2-4-15(5-3-13)20(25)22-11-18-17-10-16(21)7-6-14(17)8-9-23(18)19(24)12-22/h6-7,10,13,15,18H,2-5,8-9,11-12H2,1H3/t13?,15?,18-/m0/s1/i2D2,3D2,13D. The Balaban J connectivity index is 1.60. The van der Waals surface area contributed by atoms with Crippen LogP contribution in [0.15, 0.2) is 18.2 Å². The molecule has 0 unspecified atom stereocenters. The fraction of sp³-hybridized carbons (Fsp3) is 0.600. The van der Waals surface area contributed by atoms with Crippen LogP contribution in [-0.4, -0.2) is 41.2 Å². The highest BCUT2D eigenvalue weighted by atomic mass is 19.1. The van der Waals surface area contributed by atoms with Gasteiger partial charge >= 0.3 is 0 Å². The number of benzene rings is 1. The number of nitrogens with zero attached hydrogens (tertiary/aromatic N) is 2. The number of fused-ring (bicyclic) bond motifs is 3. The molecule has 0 N–H and O–H groups in total. The zero-order valence-electron chi connectivity index (χ0n) is 19.2. The summed E-state index contributed by atoms with van der Waals surface area (Å²) in [5, 5.41) is 0. The van der Waals surface area contributed by atoms with Gasteiger partial charge in [-0.2, -0.15) is 0 Å². The molecule has 0 spiro atoms. The number of carbonyl (C=O) groups is 2. The van der Waals surface area contributed by atoms with Crippen LogP contribution in [0.3, 0.4) is 0 Å². The van der Waals surface area contributed by atoms with Gasteiger partial charge < -0.3 is 9.80 Å². The molecule has 1 saturated carbocycles. The van der Waals surface area contributed by atoms with Gasteiger partial charge in [0.15, 0.2) is 0 Å². The van der Waals surface area contributed by atoms with E-state index in [4.69, 9.17) is 6.85 Å². The molecule has 1 aromatic rings. The van der Waals surface area contributed by atoms with E-state index >= 15 is 0 Å². The predicted molar refractivity (Wildman–Crippen MR) is 92.3 cm³/mol. The number of carbonyl (C=O) groups excluding carboxylic acids is 2. The van der Waals surface area contributed by atoms with E-state index in [1.807, 2.05) is 0 Å². The molecule has 0 bridgehead atoms. The van der Waals surface area contributed by atoms with Crippen molar-refractivity contribution in [1.82, 2.24) is 9.80 Å². The van der Waals surface area contributed by atoms with Gasteiger partial charge in [0.05, 0.1) is 12.6 Å². The quantitative estimate of drug-likeness (QED) is 0.782. The van der Waals surface area contributed by atoms with E-state index in [0.717, 1.165) is 5.56 Å². The van der Waals surface area contributed by atoms with Gasteiger partial charge in [-0.3, -0.25) is 9.59 Å². The zero-order chi connectivity index (χ0) is 22.1. The van der Waals surface area contributed by atoms with Crippen molar-refractivity contribution in [1.29, 1.82) is 0 Å². The highest BCUT2D eigenvalue weighted by molar-refractivity contribution is 5.87. The fourth-order valence-electron chi connectivity index (χ4n) is 3.98.